The molecule has 2 amide bonds. The second kappa shape index (κ2) is 9.09. The fraction of sp³-hybridized carbons (Fsp3) is 0.179. The molecule has 0 radical (unpaired) electrons. The average Bonchev–Trinajstić information content (AvgIpc) is 3.39. The van der Waals surface area contributed by atoms with Crippen molar-refractivity contribution >= 4 is 17.3 Å². The zero-order chi connectivity index (χ0) is 25.5. The Morgan fingerprint density at radius 1 is 0.973 bits per heavy atom. The second-order valence-corrected chi connectivity index (χ2v) is 8.89. The van der Waals surface area contributed by atoms with Crippen molar-refractivity contribution in [1.82, 2.24) is 15.5 Å². The van der Waals surface area contributed by atoms with Gasteiger partial charge in [-0.15, -0.1) is 0 Å². The molecular formula is C28H23FN4O4. The number of aromatic nitrogens is 2. The van der Waals surface area contributed by atoms with Crippen LogP contribution in [0.4, 0.5) is 14.9 Å². The number of ether oxygens (including phenoxy) is 2. The van der Waals surface area contributed by atoms with Gasteiger partial charge in [-0.3, -0.25) is 4.90 Å². The van der Waals surface area contributed by atoms with E-state index in [-0.39, 0.29) is 17.7 Å². The van der Waals surface area contributed by atoms with Crippen LogP contribution >= 0.6 is 0 Å². The molecule has 1 atom stereocenters. The molecule has 0 aliphatic carbocycles. The molecule has 0 fully saturated rings. The maximum absolute atomic E-state index is 13.8. The van der Waals surface area contributed by atoms with Crippen LogP contribution in [0.25, 0.3) is 17.0 Å². The highest BCUT2D eigenvalue weighted by Gasteiger charge is 2.37. The summed E-state index contributed by atoms with van der Waals surface area (Å²) in [6.45, 7) is 4.74. The van der Waals surface area contributed by atoms with Gasteiger partial charge in [-0.25, -0.2) is 9.18 Å². The molecular weight excluding hydrogens is 475 g/mol. The molecule has 2 aliphatic rings. The van der Waals surface area contributed by atoms with E-state index in [1.165, 1.54) is 12.1 Å². The predicted octanol–water partition coefficient (Wildman–Crippen LogP) is 5.66. The minimum Gasteiger partial charge on any atom is -0.486 e. The van der Waals surface area contributed by atoms with Crippen LogP contribution in [0.3, 0.4) is 0 Å². The smallest absolute Gasteiger partial charge is 0.327 e. The summed E-state index contributed by atoms with van der Waals surface area (Å²) in [4.78, 5) is 19.6. The molecule has 6 rings (SSSR count). The first-order valence-electron chi connectivity index (χ1n) is 11.9. The monoisotopic (exact) mass is 498 g/mol. The van der Waals surface area contributed by atoms with Crippen LogP contribution in [0, 0.1) is 12.7 Å². The highest BCUT2D eigenvalue weighted by Crippen LogP contribution is 2.41. The Morgan fingerprint density at radius 2 is 1.76 bits per heavy atom. The van der Waals surface area contributed by atoms with Crippen molar-refractivity contribution < 1.29 is 23.2 Å². The third-order valence-corrected chi connectivity index (χ3v) is 6.42. The van der Waals surface area contributed by atoms with E-state index in [1.54, 1.807) is 35.2 Å². The lowest BCUT2D eigenvalue weighted by molar-refractivity contribution is 0.171. The van der Waals surface area contributed by atoms with E-state index in [2.05, 4.69) is 15.5 Å². The van der Waals surface area contributed by atoms with Gasteiger partial charge in [0.1, 0.15) is 19.0 Å². The molecule has 8 nitrogen and oxygen atoms in total. The van der Waals surface area contributed by atoms with Crippen LogP contribution in [0.2, 0.25) is 0 Å². The fourth-order valence-electron chi connectivity index (χ4n) is 4.59. The standard InChI is InChI=1S/C28H23FN4O4/c1-16-6-8-18(9-7-16)25-24(27-31-26(32-37-27)19-4-3-5-20(29)14-19)17(2)33(28(34)30-25)21-10-11-22-23(15-21)36-13-12-35-22/h3-11,14-15,25H,12-13H2,1-2H3,(H,30,34). The summed E-state index contributed by atoms with van der Waals surface area (Å²) < 4.78 is 30.9. The van der Waals surface area contributed by atoms with Crippen LogP contribution in [-0.2, 0) is 0 Å². The number of benzene rings is 3. The Hall–Kier alpha value is -4.66. The molecule has 4 aromatic rings. The molecule has 37 heavy (non-hydrogen) atoms. The summed E-state index contributed by atoms with van der Waals surface area (Å²) in [5.41, 5.74) is 4.29. The number of hydrogen-bond donors (Lipinski definition) is 1. The van der Waals surface area contributed by atoms with Crippen molar-refractivity contribution in [1.29, 1.82) is 0 Å². The summed E-state index contributed by atoms with van der Waals surface area (Å²) in [6.07, 6.45) is 0. The molecule has 1 unspecified atom stereocenters. The van der Waals surface area contributed by atoms with E-state index < -0.39 is 11.9 Å². The Labute approximate surface area is 212 Å². The number of fused-ring (bicyclic) bond motifs is 1. The van der Waals surface area contributed by atoms with Gasteiger partial charge in [0, 0.05) is 17.3 Å². The molecule has 3 aromatic carbocycles. The van der Waals surface area contributed by atoms with Gasteiger partial charge in [0.2, 0.25) is 5.82 Å². The van der Waals surface area contributed by atoms with E-state index in [1.807, 2.05) is 38.1 Å². The minimum absolute atomic E-state index is 0.227. The zero-order valence-corrected chi connectivity index (χ0v) is 20.2. The summed E-state index contributed by atoms with van der Waals surface area (Å²) in [5, 5.41) is 7.19. The summed E-state index contributed by atoms with van der Waals surface area (Å²) >= 11 is 0. The van der Waals surface area contributed by atoms with Gasteiger partial charge in [0.15, 0.2) is 11.5 Å². The number of nitrogens with one attached hydrogen (secondary N) is 1. The number of carbonyl (C=O) groups is 1. The zero-order valence-electron chi connectivity index (χ0n) is 20.2. The molecule has 9 heteroatoms. The van der Waals surface area contributed by atoms with Gasteiger partial charge in [0.25, 0.3) is 5.89 Å². The molecule has 3 heterocycles. The molecule has 1 aromatic heterocycles. The first-order valence-corrected chi connectivity index (χ1v) is 11.9. The van der Waals surface area contributed by atoms with Gasteiger partial charge < -0.3 is 19.3 Å². The van der Waals surface area contributed by atoms with Crippen LogP contribution in [-0.4, -0.2) is 29.4 Å². The van der Waals surface area contributed by atoms with E-state index in [9.17, 15) is 9.18 Å². The van der Waals surface area contributed by atoms with Crippen molar-refractivity contribution in [3.05, 3.63) is 95.3 Å². The van der Waals surface area contributed by atoms with Gasteiger partial charge in [-0.2, -0.15) is 4.98 Å². The van der Waals surface area contributed by atoms with Crippen LogP contribution in [0.5, 0.6) is 11.5 Å². The van der Waals surface area contributed by atoms with Gasteiger partial charge in [-0.1, -0.05) is 47.1 Å². The number of halogens is 1. The number of urea groups is 1. The van der Waals surface area contributed by atoms with Crippen molar-refractivity contribution in [2.45, 2.75) is 19.9 Å². The topological polar surface area (TPSA) is 89.7 Å². The van der Waals surface area contributed by atoms with Crippen molar-refractivity contribution in [2.75, 3.05) is 18.1 Å². The third kappa shape index (κ3) is 4.18. The molecule has 0 saturated heterocycles. The highest BCUT2D eigenvalue weighted by molar-refractivity contribution is 6.01. The first kappa shape index (κ1) is 22.8. The number of nitrogens with zero attached hydrogens (tertiary/aromatic N) is 3. The number of hydrogen-bond acceptors (Lipinski definition) is 6. The van der Waals surface area contributed by atoms with Crippen molar-refractivity contribution in [2.24, 2.45) is 0 Å². The third-order valence-electron chi connectivity index (χ3n) is 6.42. The van der Waals surface area contributed by atoms with E-state index in [0.29, 0.717) is 47.2 Å². The summed E-state index contributed by atoms with van der Waals surface area (Å²) in [5.74, 6) is 1.28. The van der Waals surface area contributed by atoms with E-state index in [4.69, 9.17) is 14.0 Å². The maximum Gasteiger partial charge on any atom is 0.327 e. The Morgan fingerprint density at radius 3 is 2.54 bits per heavy atom. The van der Waals surface area contributed by atoms with Crippen molar-refractivity contribution in [3.63, 3.8) is 0 Å². The number of allylic oxidation sites excluding steroid dienone is 1. The Kier molecular flexibility index (Phi) is 5.60. The first-order chi connectivity index (χ1) is 18.0. The second-order valence-electron chi connectivity index (χ2n) is 8.89. The molecule has 0 spiro atoms. The molecule has 0 bridgehead atoms. The summed E-state index contributed by atoms with van der Waals surface area (Å²) in [6, 6.07) is 18.4. The van der Waals surface area contributed by atoms with E-state index >= 15 is 0 Å². The number of carbonyl (C=O) groups excluding carboxylic acids is 1. The largest absolute Gasteiger partial charge is 0.486 e. The number of amides is 2. The highest BCUT2D eigenvalue weighted by atomic mass is 19.1. The van der Waals surface area contributed by atoms with Crippen LogP contribution in [0.1, 0.15) is 30.0 Å². The predicted molar refractivity (Wildman–Crippen MR) is 135 cm³/mol. The minimum atomic E-state index is -0.539. The lowest BCUT2D eigenvalue weighted by atomic mass is 9.94. The number of aryl methyl sites for hydroxylation is 1. The number of rotatable bonds is 4. The molecule has 0 saturated carbocycles. The van der Waals surface area contributed by atoms with Gasteiger partial charge in [-0.05, 0) is 43.7 Å². The summed E-state index contributed by atoms with van der Waals surface area (Å²) in [7, 11) is 0. The lowest BCUT2D eigenvalue weighted by Crippen LogP contribution is -2.46. The fourth-order valence-corrected chi connectivity index (χ4v) is 4.59. The van der Waals surface area contributed by atoms with Crippen LogP contribution < -0.4 is 19.7 Å². The lowest BCUT2D eigenvalue weighted by Gasteiger charge is -2.35. The quantitative estimate of drug-likeness (QED) is 0.391. The maximum atomic E-state index is 13.8. The SMILES string of the molecule is CC1=C(c2nc(-c3cccc(F)c3)no2)C(c2ccc(C)cc2)NC(=O)N1c1ccc2c(c1)OCCO2. The van der Waals surface area contributed by atoms with E-state index in [0.717, 1.165) is 11.1 Å². The van der Waals surface area contributed by atoms with Crippen molar-refractivity contribution in [3.8, 4) is 22.9 Å². The normalized spacial score (nSPS) is 17.1. The average molecular weight is 499 g/mol. The molecule has 186 valence electrons. The Bertz CT molecular complexity index is 1530. The van der Waals surface area contributed by atoms with Gasteiger partial charge >= 0.3 is 6.03 Å². The molecule has 2 aliphatic heterocycles. The van der Waals surface area contributed by atoms with Gasteiger partial charge in [0.05, 0.1) is 17.3 Å². The molecule has 1 N–H and O–H groups in total. The number of anilines is 1. The van der Waals surface area contributed by atoms with Crippen LogP contribution in [0.15, 0.2) is 77.0 Å². The Balaban J connectivity index is 1.48.